The second kappa shape index (κ2) is 8.68. The third-order valence-electron chi connectivity index (χ3n) is 6.11. The molecule has 0 bridgehead atoms. The number of benzene rings is 2. The van der Waals surface area contributed by atoms with Crippen LogP contribution in [-0.4, -0.2) is 47.5 Å². The van der Waals surface area contributed by atoms with Gasteiger partial charge in [-0.3, -0.25) is 9.36 Å². The summed E-state index contributed by atoms with van der Waals surface area (Å²) in [6.45, 7) is 4.58. The maximum atomic E-state index is 12.7. The van der Waals surface area contributed by atoms with Crippen molar-refractivity contribution in [1.29, 1.82) is 0 Å². The first-order valence-electron chi connectivity index (χ1n) is 11.3. The molecule has 4 aromatic rings. The summed E-state index contributed by atoms with van der Waals surface area (Å²) >= 11 is 0. The Kier molecular flexibility index (Phi) is 5.23. The predicted octanol–water partition coefficient (Wildman–Crippen LogP) is 2.72. The summed E-state index contributed by atoms with van der Waals surface area (Å²) in [6.07, 6.45) is 1.73. The van der Waals surface area contributed by atoms with E-state index in [0.717, 1.165) is 42.8 Å². The van der Waals surface area contributed by atoms with Crippen molar-refractivity contribution >= 4 is 28.4 Å². The number of fused-ring (bicyclic) bond motifs is 2. The number of aromatic nitrogens is 3. The highest BCUT2D eigenvalue weighted by molar-refractivity contribution is 5.76. The molecule has 0 unspecified atom stereocenters. The standard InChI is InChI=1S/C25H24N6O3/c32-23-8-2-18-14-27-25(28-19-3-5-20(6-4-19)30-11-9-26-10-12-30)29-24(18)31(23)15-17-1-7-21-22(13-17)34-16-33-21/h1-8,13-14,26H,9-12,15-16H2,(H,27,28,29). The van der Waals surface area contributed by atoms with E-state index in [-0.39, 0.29) is 12.4 Å². The van der Waals surface area contributed by atoms with E-state index >= 15 is 0 Å². The summed E-state index contributed by atoms with van der Waals surface area (Å²) in [5.74, 6) is 1.84. The molecule has 2 aromatic heterocycles. The average molecular weight is 457 g/mol. The SMILES string of the molecule is O=c1ccc2cnc(Nc3ccc(N4CCNCC4)cc3)nc2n1Cc1ccc2c(c1)OCO2. The van der Waals surface area contributed by atoms with Crippen LogP contribution in [0.2, 0.25) is 0 Å². The highest BCUT2D eigenvalue weighted by Gasteiger charge is 2.15. The molecule has 0 saturated carbocycles. The van der Waals surface area contributed by atoms with Crippen molar-refractivity contribution < 1.29 is 9.47 Å². The molecule has 0 radical (unpaired) electrons. The van der Waals surface area contributed by atoms with Crippen molar-refractivity contribution in [3.05, 3.63) is 76.7 Å². The molecule has 2 aliphatic rings. The Morgan fingerprint density at radius 1 is 0.971 bits per heavy atom. The van der Waals surface area contributed by atoms with Gasteiger partial charge in [0.25, 0.3) is 5.56 Å². The van der Waals surface area contributed by atoms with Gasteiger partial charge in [-0.25, -0.2) is 4.98 Å². The van der Waals surface area contributed by atoms with E-state index in [2.05, 4.69) is 37.6 Å². The third kappa shape index (κ3) is 4.01. The van der Waals surface area contributed by atoms with Crippen LogP contribution < -0.4 is 30.6 Å². The molecule has 0 spiro atoms. The van der Waals surface area contributed by atoms with Crippen molar-refractivity contribution in [2.75, 3.05) is 43.2 Å². The number of pyridine rings is 1. The molecule has 1 saturated heterocycles. The topological polar surface area (TPSA) is 93.5 Å². The van der Waals surface area contributed by atoms with E-state index in [4.69, 9.17) is 9.47 Å². The number of ether oxygens (including phenoxy) is 2. The van der Waals surface area contributed by atoms with Gasteiger partial charge in [0, 0.05) is 55.2 Å². The monoisotopic (exact) mass is 456 g/mol. The molecule has 0 aliphatic carbocycles. The number of hydrogen-bond acceptors (Lipinski definition) is 8. The van der Waals surface area contributed by atoms with Crippen LogP contribution in [0.5, 0.6) is 11.5 Å². The number of piperazine rings is 1. The van der Waals surface area contributed by atoms with Crippen LogP contribution in [0.4, 0.5) is 17.3 Å². The molecule has 9 heteroatoms. The lowest BCUT2D eigenvalue weighted by Gasteiger charge is -2.29. The number of nitrogens with one attached hydrogen (secondary N) is 2. The normalized spacial score (nSPS) is 15.0. The zero-order valence-electron chi connectivity index (χ0n) is 18.5. The van der Waals surface area contributed by atoms with Gasteiger partial charge in [-0.05, 0) is 48.0 Å². The molecule has 172 valence electrons. The van der Waals surface area contributed by atoms with Crippen LogP contribution in [0.15, 0.2) is 65.6 Å². The lowest BCUT2D eigenvalue weighted by molar-refractivity contribution is 0.174. The molecule has 2 aliphatic heterocycles. The van der Waals surface area contributed by atoms with Gasteiger partial charge >= 0.3 is 0 Å². The van der Waals surface area contributed by atoms with E-state index in [0.29, 0.717) is 29.6 Å². The summed E-state index contributed by atoms with van der Waals surface area (Å²) in [4.78, 5) is 24.2. The highest BCUT2D eigenvalue weighted by Crippen LogP contribution is 2.32. The van der Waals surface area contributed by atoms with Gasteiger partial charge in [0.15, 0.2) is 11.5 Å². The zero-order valence-corrected chi connectivity index (χ0v) is 18.5. The fourth-order valence-corrected chi connectivity index (χ4v) is 4.31. The molecular formula is C25H24N6O3. The number of hydrogen-bond donors (Lipinski definition) is 2. The first-order chi connectivity index (χ1) is 16.7. The first kappa shape index (κ1) is 20.5. The summed E-state index contributed by atoms with van der Waals surface area (Å²) in [7, 11) is 0. The van der Waals surface area contributed by atoms with E-state index < -0.39 is 0 Å². The van der Waals surface area contributed by atoms with Gasteiger partial charge in [0.1, 0.15) is 5.65 Å². The number of nitrogens with zero attached hydrogens (tertiary/aromatic N) is 4. The van der Waals surface area contributed by atoms with Crippen molar-refractivity contribution in [3.8, 4) is 11.5 Å². The molecule has 9 nitrogen and oxygen atoms in total. The van der Waals surface area contributed by atoms with Crippen LogP contribution in [0, 0.1) is 0 Å². The fourth-order valence-electron chi connectivity index (χ4n) is 4.31. The van der Waals surface area contributed by atoms with E-state index in [1.54, 1.807) is 22.9 Å². The molecule has 6 rings (SSSR count). The van der Waals surface area contributed by atoms with Crippen molar-refractivity contribution in [3.63, 3.8) is 0 Å². The first-order valence-corrected chi connectivity index (χ1v) is 11.3. The van der Waals surface area contributed by atoms with Gasteiger partial charge in [0.2, 0.25) is 12.7 Å². The van der Waals surface area contributed by atoms with Gasteiger partial charge in [-0.2, -0.15) is 4.98 Å². The zero-order chi connectivity index (χ0) is 22.9. The number of anilines is 3. The minimum absolute atomic E-state index is 0.129. The Morgan fingerprint density at radius 3 is 2.65 bits per heavy atom. The summed E-state index contributed by atoms with van der Waals surface area (Å²) in [5.41, 5.74) is 3.45. The molecule has 4 heterocycles. The summed E-state index contributed by atoms with van der Waals surface area (Å²) in [5, 5.41) is 7.43. The quantitative estimate of drug-likeness (QED) is 0.474. The van der Waals surface area contributed by atoms with E-state index in [9.17, 15) is 4.79 Å². The Balaban J connectivity index is 1.27. The lowest BCUT2D eigenvalue weighted by atomic mass is 10.2. The Labute approximate surface area is 196 Å². The van der Waals surface area contributed by atoms with Crippen LogP contribution in [0.25, 0.3) is 11.0 Å². The lowest BCUT2D eigenvalue weighted by Crippen LogP contribution is -2.43. The molecule has 34 heavy (non-hydrogen) atoms. The summed E-state index contributed by atoms with van der Waals surface area (Å²) in [6, 6.07) is 17.2. The van der Waals surface area contributed by atoms with Crippen LogP contribution >= 0.6 is 0 Å². The van der Waals surface area contributed by atoms with Gasteiger partial charge in [0.05, 0.1) is 6.54 Å². The largest absolute Gasteiger partial charge is 0.454 e. The smallest absolute Gasteiger partial charge is 0.252 e. The second-order valence-corrected chi connectivity index (χ2v) is 8.33. The maximum Gasteiger partial charge on any atom is 0.252 e. The third-order valence-corrected chi connectivity index (χ3v) is 6.11. The molecule has 1 fully saturated rings. The second-order valence-electron chi connectivity index (χ2n) is 8.33. The molecule has 2 aromatic carbocycles. The van der Waals surface area contributed by atoms with Crippen LogP contribution in [0.1, 0.15) is 5.56 Å². The predicted molar refractivity (Wildman–Crippen MR) is 130 cm³/mol. The minimum atomic E-state index is -0.129. The van der Waals surface area contributed by atoms with Gasteiger partial charge < -0.3 is 25.0 Å². The van der Waals surface area contributed by atoms with Crippen molar-refractivity contribution in [2.45, 2.75) is 6.54 Å². The Hall–Kier alpha value is -4.11. The van der Waals surface area contributed by atoms with Crippen LogP contribution in [-0.2, 0) is 6.54 Å². The van der Waals surface area contributed by atoms with Crippen LogP contribution in [0.3, 0.4) is 0 Å². The molecule has 0 amide bonds. The van der Waals surface area contributed by atoms with E-state index in [1.807, 2.05) is 30.3 Å². The van der Waals surface area contributed by atoms with Crippen molar-refractivity contribution in [1.82, 2.24) is 19.9 Å². The highest BCUT2D eigenvalue weighted by atomic mass is 16.7. The van der Waals surface area contributed by atoms with Gasteiger partial charge in [-0.1, -0.05) is 6.07 Å². The molecular weight excluding hydrogens is 432 g/mol. The molecule has 0 atom stereocenters. The van der Waals surface area contributed by atoms with Crippen molar-refractivity contribution in [2.24, 2.45) is 0 Å². The minimum Gasteiger partial charge on any atom is -0.454 e. The van der Waals surface area contributed by atoms with Gasteiger partial charge in [-0.15, -0.1) is 0 Å². The number of rotatable bonds is 5. The Bertz CT molecular complexity index is 1400. The molecule has 2 N–H and O–H groups in total. The fraction of sp³-hybridized carbons (Fsp3) is 0.240. The summed E-state index contributed by atoms with van der Waals surface area (Å²) < 4.78 is 12.5. The van der Waals surface area contributed by atoms with E-state index in [1.165, 1.54) is 5.69 Å². The Morgan fingerprint density at radius 2 is 1.79 bits per heavy atom. The average Bonchev–Trinajstić information content (AvgIpc) is 3.35. The maximum absolute atomic E-state index is 12.7.